The zero-order valence-electron chi connectivity index (χ0n) is 13.2. The number of fused-ring (bicyclic) bond motifs is 1. The van der Waals surface area contributed by atoms with E-state index in [0.29, 0.717) is 41.3 Å². The van der Waals surface area contributed by atoms with Crippen LogP contribution < -0.4 is 0 Å². The van der Waals surface area contributed by atoms with Crippen LogP contribution in [-0.4, -0.2) is 32.6 Å². The molecule has 0 unspecified atom stereocenters. The molecule has 0 radical (unpaired) electrons. The highest BCUT2D eigenvalue weighted by atomic mass is 16.4. The predicted octanol–water partition coefficient (Wildman–Crippen LogP) is 3.58. The Kier molecular flexibility index (Phi) is 3.58. The average molecular weight is 334 g/mol. The summed E-state index contributed by atoms with van der Waals surface area (Å²) in [5, 5.41) is 18.3. The van der Waals surface area contributed by atoms with E-state index in [1.54, 1.807) is 18.2 Å². The number of rotatable bonds is 2. The lowest BCUT2D eigenvalue weighted by atomic mass is 10.1. The fourth-order valence-electron chi connectivity index (χ4n) is 3.16. The highest BCUT2D eigenvalue weighted by Crippen LogP contribution is 2.34. The van der Waals surface area contributed by atoms with E-state index < -0.39 is 6.09 Å². The highest BCUT2D eigenvalue weighted by molar-refractivity contribution is 5.79. The molecule has 3 aromatic rings. The summed E-state index contributed by atoms with van der Waals surface area (Å²) >= 11 is 0. The van der Waals surface area contributed by atoms with E-state index >= 15 is 0 Å². The Bertz CT molecular complexity index is 1000. The van der Waals surface area contributed by atoms with Crippen molar-refractivity contribution < 1.29 is 14.3 Å². The minimum absolute atomic E-state index is 0.339. The van der Waals surface area contributed by atoms with E-state index in [0.717, 1.165) is 12.0 Å². The van der Waals surface area contributed by atoms with E-state index in [9.17, 15) is 9.90 Å². The first-order valence-electron chi connectivity index (χ1n) is 7.93. The van der Waals surface area contributed by atoms with Crippen molar-refractivity contribution in [3.8, 4) is 17.3 Å². The molecular formula is C18H14N4O3. The first kappa shape index (κ1) is 15.1. The number of hydrogen-bond acceptors (Lipinski definition) is 5. The Hall–Kier alpha value is -3.40. The van der Waals surface area contributed by atoms with Crippen LogP contribution in [0.5, 0.6) is 0 Å². The predicted molar refractivity (Wildman–Crippen MR) is 88.7 cm³/mol. The molecule has 0 aliphatic carbocycles. The molecule has 1 saturated heterocycles. The molecule has 124 valence electrons. The number of hydrogen-bond donors (Lipinski definition) is 1. The van der Waals surface area contributed by atoms with E-state index in [-0.39, 0.29) is 6.04 Å². The highest BCUT2D eigenvalue weighted by Gasteiger charge is 2.33. The van der Waals surface area contributed by atoms with Crippen LogP contribution in [0.3, 0.4) is 0 Å². The summed E-state index contributed by atoms with van der Waals surface area (Å²) in [4.78, 5) is 21.5. The van der Waals surface area contributed by atoms with E-state index in [2.05, 4.69) is 9.97 Å². The number of carbonyl (C=O) groups is 1. The molecule has 1 aromatic carbocycles. The van der Waals surface area contributed by atoms with Gasteiger partial charge >= 0.3 is 6.09 Å². The molecule has 1 aliphatic rings. The lowest BCUT2D eigenvalue weighted by Crippen LogP contribution is -2.28. The maximum absolute atomic E-state index is 11.3. The van der Waals surface area contributed by atoms with Crippen LogP contribution >= 0.6 is 0 Å². The molecule has 0 saturated carbocycles. The minimum atomic E-state index is -0.956. The summed E-state index contributed by atoms with van der Waals surface area (Å²) in [5.74, 6) is 0.422. The van der Waals surface area contributed by atoms with Crippen molar-refractivity contribution in [2.45, 2.75) is 18.9 Å². The largest absolute Gasteiger partial charge is 0.465 e. The topological polar surface area (TPSA) is 103 Å². The monoisotopic (exact) mass is 334 g/mol. The molecular weight excluding hydrogens is 320 g/mol. The first-order valence-corrected chi connectivity index (χ1v) is 7.93. The van der Waals surface area contributed by atoms with Crippen LogP contribution in [0.15, 0.2) is 40.8 Å². The second kappa shape index (κ2) is 5.91. The maximum Gasteiger partial charge on any atom is 0.407 e. The van der Waals surface area contributed by atoms with Gasteiger partial charge in [-0.3, -0.25) is 4.90 Å². The number of nitriles is 1. The van der Waals surface area contributed by atoms with Gasteiger partial charge < -0.3 is 9.52 Å². The summed E-state index contributed by atoms with van der Waals surface area (Å²) in [7, 11) is 0. The molecule has 1 atom stereocenters. The number of oxazole rings is 1. The lowest BCUT2D eigenvalue weighted by Gasteiger charge is -2.17. The number of aromatic nitrogens is 2. The maximum atomic E-state index is 11.3. The van der Waals surface area contributed by atoms with Crippen molar-refractivity contribution in [3.05, 3.63) is 48.0 Å². The Balaban J connectivity index is 1.72. The van der Waals surface area contributed by atoms with Gasteiger partial charge in [-0.2, -0.15) is 5.26 Å². The SMILES string of the molecule is N#Cc1cccc(-c2ccc3oc([C@@H]4CCCN4C(=O)O)nc3c2)n1. The number of amides is 1. The summed E-state index contributed by atoms with van der Waals surface area (Å²) in [6.07, 6.45) is 0.548. The van der Waals surface area contributed by atoms with Crippen LogP contribution in [-0.2, 0) is 0 Å². The molecule has 1 N–H and O–H groups in total. The fourth-order valence-corrected chi connectivity index (χ4v) is 3.16. The van der Waals surface area contributed by atoms with Crippen LogP contribution in [0.25, 0.3) is 22.4 Å². The number of benzene rings is 1. The van der Waals surface area contributed by atoms with E-state index in [1.165, 1.54) is 4.90 Å². The Morgan fingerprint density at radius 2 is 2.20 bits per heavy atom. The van der Waals surface area contributed by atoms with Crippen molar-refractivity contribution in [1.29, 1.82) is 5.26 Å². The summed E-state index contributed by atoms with van der Waals surface area (Å²) < 4.78 is 5.78. The van der Waals surface area contributed by atoms with Crippen LogP contribution in [0.4, 0.5) is 4.79 Å². The van der Waals surface area contributed by atoms with Gasteiger partial charge in [0.1, 0.15) is 23.3 Å². The van der Waals surface area contributed by atoms with Gasteiger partial charge in [0.2, 0.25) is 5.89 Å². The second-order valence-electron chi connectivity index (χ2n) is 5.89. The summed E-state index contributed by atoms with van der Waals surface area (Å²) in [6.45, 7) is 0.495. The van der Waals surface area contributed by atoms with E-state index in [1.807, 2.05) is 24.3 Å². The average Bonchev–Trinajstić information content (AvgIpc) is 3.27. The van der Waals surface area contributed by atoms with Crippen molar-refractivity contribution in [1.82, 2.24) is 14.9 Å². The number of pyridine rings is 1. The minimum Gasteiger partial charge on any atom is -0.465 e. The standard InChI is InChI=1S/C18H14N4O3/c19-10-12-3-1-4-13(20-12)11-6-7-16-14(9-11)21-17(25-16)15-5-2-8-22(15)18(23)24/h1,3-4,6-7,9,15H,2,5,8H2,(H,23,24)/t15-/m0/s1. The van der Waals surface area contributed by atoms with Crippen LogP contribution in [0.1, 0.15) is 30.5 Å². The summed E-state index contributed by atoms with van der Waals surface area (Å²) in [6, 6.07) is 12.4. The normalized spacial score (nSPS) is 16.9. The number of carboxylic acid groups (broad SMARTS) is 1. The first-order chi connectivity index (χ1) is 12.2. The Morgan fingerprint density at radius 1 is 1.32 bits per heavy atom. The zero-order chi connectivity index (χ0) is 17.4. The molecule has 0 bridgehead atoms. The van der Waals surface area contributed by atoms with Crippen molar-refractivity contribution in [2.24, 2.45) is 0 Å². The van der Waals surface area contributed by atoms with Crippen molar-refractivity contribution in [2.75, 3.05) is 6.54 Å². The summed E-state index contributed by atoms with van der Waals surface area (Å²) in [5.41, 5.74) is 3.10. The molecule has 0 spiro atoms. The molecule has 2 aromatic heterocycles. The quantitative estimate of drug-likeness (QED) is 0.768. The van der Waals surface area contributed by atoms with Gasteiger partial charge in [-0.05, 0) is 43.2 Å². The van der Waals surface area contributed by atoms with Gasteiger partial charge in [0, 0.05) is 12.1 Å². The molecule has 25 heavy (non-hydrogen) atoms. The van der Waals surface area contributed by atoms with Crippen LogP contribution in [0.2, 0.25) is 0 Å². The van der Waals surface area contributed by atoms with Gasteiger partial charge in [-0.15, -0.1) is 0 Å². The molecule has 7 nitrogen and oxygen atoms in total. The van der Waals surface area contributed by atoms with Gasteiger partial charge in [-0.1, -0.05) is 6.07 Å². The molecule has 7 heteroatoms. The zero-order valence-corrected chi connectivity index (χ0v) is 13.2. The van der Waals surface area contributed by atoms with Gasteiger partial charge in [0.25, 0.3) is 0 Å². The molecule has 4 rings (SSSR count). The number of nitrogens with zero attached hydrogens (tertiary/aromatic N) is 4. The third-order valence-corrected chi connectivity index (χ3v) is 4.35. The Labute approximate surface area is 143 Å². The molecule has 1 fully saturated rings. The van der Waals surface area contributed by atoms with E-state index in [4.69, 9.17) is 9.68 Å². The molecule has 1 amide bonds. The fraction of sp³-hybridized carbons (Fsp3) is 0.222. The second-order valence-corrected chi connectivity index (χ2v) is 5.89. The van der Waals surface area contributed by atoms with Crippen molar-refractivity contribution in [3.63, 3.8) is 0 Å². The van der Waals surface area contributed by atoms with Gasteiger partial charge in [0.05, 0.1) is 5.69 Å². The molecule has 1 aliphatic heterocycles. The van der Waals surface area contributed by atoms with Crippen molar-refractivity contribution >= 4 is 17.2 Å². The Morgan fingerprint density at radius 3 is 3.00 bits per heavy atom. The van der Waals surface area contributed by atoms with Gasteiger partial charge in [-0.25, -0.2) is 14.8 Å². The third-order valence-electron chi connectivity index (χ3n) is 4.35. The van der Waals surface area contributed by atoms with Crippen LogP contribution in [0, 0.1) is 11.3 Å². The number of likely N-dealkylation sites (tertiary alicyclic amines) is 1. The van der Waals surface area contributed by atoms with Gasteiger partial charge in [0.15, 0.2) is 5.58 Å². The smallest absolute Gasteiger partial charge is 0.407 e. The third kappa shape index (κ3) is 2.68. The lowest BCUT2D eigenvalue weighted by molar-refractivity contribution is 0.134. The molecule has 3 heterocycles.